The van der Waals surface area contributed by atoms with Crippen molar-refractivity contribution >= 4 is 11.5 Å². The lowest BCUT2D eigenvalue weighted by Gasteiger charge is -2.30. The molecular weight excluding hydrogens is 296 g/mol. The lowest BCUT2D eigenvalue weighted by atomic mass is 9.91. The largest absolute Gasteiger partial charge is 0.378 e. The highest BCUT2D eigenvalue weighted by Gasteiger charge is 2.21. The second kappa shape index (κ2) is 8.15. The van der Waals surface area contributed by atoms with Crippen LogP contribution in [0.3, 0.4) is 0 Å². The van der Waals surface area contributed by atoms with Crippen molar-refractivity contribution in [2.45, 2.75) is 44.3 Å². The summed E-state index contributed by atoms with van der Waals surface area (Å²) in [6.45, 7) is 0.968. The highest BCUT2D eigenvalue weighted by molar-refractivity contribution is 5.53. The Hall–Kier alpha value is -2.07. The van der Waals surface area contributed by atoms with Crippen molar-refractivity contribution in [1.29, 1.82) is 0 Å². The fraction of sp³-hybridized carbons (Fsp3) is 0.450. The van der Waals surface area contributed by atoms with Crippen LogP contribution in [0, 0.1) is 0 Å². The second-order valence-electron chi connectivity index (χ2n) is 6.85. The maximum absolute atomic E-state index is 4.46. The topological polar surface area (TPSA) is 40.2 Å². The second-order valence-corrected chi connectivity index (χ2v) is 6.85. The predicted octanol–water partition coefficient (Wildman–Crippen LogP) is 3.66. The molecule has 0 amide bonds. The van der Waals surface area contributed by atoms with Crippen LogP contribution in [0.2, 0.25) is 0 Å². The number of pyridine rings is 1. The number of anilines is 2. The average Bonchev–Trinajstić information content (AvgIpc) is 2.62. The van der Waals surface area contributed by atoms with E-state index in [0.717, 1.165) is 12.4 Å². The summed E-state index contributed by atoms with van der Waals surface area (Å²) in [4.78, 5) is 6.57. The van der Waals surface area contributed by atoms with Gasteiger partial charge < -0.3 is 15.5 Å². The number of nitrogens with one attached hydrogen (secondary N) is 2. The van der Waals surface area contributed by atoms with Gasteiger partial charge in [0.2, 0.25) is 0 Å². The molecule has 1 aromatic carbocycles. The summed E-state index contributed by atoms with van der Waals surface area (Å²) in [7, 11) is 4.12. The molecule has 1 aromatic heterocycles. The van der Waals surface area contributed by atoms with Gasteiger partial charge >= 0.3 is 0 Å². The Kier molecular flexibility index (Phi) is 5.70. The number of hydrogen-bond donors (Lipinski definition) is 2. The lowest BCUT2D eigenvalue weighted by Crippen LogP contribution is -2.36. The van der Waals surface area contributed by atoms with Gasteiger partial charge in [-0.05, 0) is 37.3 Å². The van der Waals surface area contributed by atoms with Gasteiger partial charge in [0, 0.05) is 50.7 Å². The van der Waals surface area contributed by atoms with E-state index in [2.05, 4.69) is 71.0 Å². The first kappa shape index (κ1) is 16.8. The molecule has 24 heavy (non-hydrogen) atoms. The zero-order valence-electron chi connectivity index (χ0n) is 14.7. The number of benzene rings is 1. The Morgan fingerprint density at radius 1 is 1.00 bits per heavy atom. The van der Waals surface area contributed by atoms with E-state index in [1.54, 1.807) is 0 Å². The molecule has 1 aliphatic rings. The van der Waals surface area contributed by atoms with Gasteiger partial charge in [0.1, 0.15) is 5.82 Å². The Morgan fingerprint density at radius 3 is 2.42 bits per heavy atom. The Labute approximate surface area is 145 Å². The van der Waals surface area contributed by atoms with E-state index in [1.807, 2.05) is 12.3 Å². The van der Waals surface area contributed by atoms with E-state index in [4.69, 9.17) is 0 Å². The fourth-order valence-corrected chi connectivity index (χ4v) is 3.29. The summed E-state index contributed by atoms with van der Waals surface area (Å²) < 4.78 is 0. The van der Waals surface area contributed by atoms with Crippen molar-refractivity contribution in [1.82, 2.24) is 10.3 Å². The Balaban J connectivity index is 1.44. The van der Waals surface area contributed by atoms with Gasteiger partial charge in [-0.2, -0.15) is 0 Å². The van der Waals surface area contributed by atoms with E-state index in [0.29, 0.717) is 12.1 Å². The quantitative estimate of drug-likeness (QED) is 0.851. The molecule has 0 unspecified atom stereocenters. The maximum Gasteiger partial charge on any atom is 0.128 e. The molecule has 0 aliphatic heterocycles. The lowest BCUT2D eigenvalue weighted by molar-refractivity contribution is 0.352. The van der Waals surface area contributed by atoms with Crippen LogP contribution in [0.15, 0.2) is 48.7 Å². The number of rotatable bonds is 6. The molecule has 3 rings (SSSR count). The van der Waals surface area contributed by atoms with Crippen molar-refractivity contribution in [3.05, 3.63) is 54.2 Å². The third-order valence-electron chi connectivity index (χ3n) is 4.78. The van der Waals surface area contributed by atoms with Crippen LogP contribution < -0.4 is 15.5 Å². The first-order valence-electron chi connectivity index (χ1n) is 8.88. The molecule has 1 fully saturated rings. The molecule has 0 spiro atoms. The molecule has 4 nitrogen and oxygen atoms in total. The van der Waals surface area contributed by atoms with Crippen molar-refractivity contribution in [3.8, 4) is 0 Å². The molecule has 0 atom stereocenters. The Morgan fingerprint density at radius 2 is 1.71 bits per heavy atom. The highest BCUT2D eigenvalue weighted by Crippen LogP contribution is 2.23. The van der Waals surface area contributed by atoms with E-state index >= 15 is 0 Å². The molecule has 0 bridgehead atoms. The first-order valence-corrected chi connectivity index (χ1v) is 8.88. The minimum absolute atomic E-state index is 0.532. The molecule has 4 heteroatoms. The van der Waals surface area contributed by atoms with Gasteiger partial charge in [-0.25, -0.2) is 4.98 Å². The van der Waals surface area contributed by atoms with Crippen LogP contribution in [-0.2, 0) is 6.54 Å². The monoisotopic (exact) mass is 324 g/mol. The molecule has 0 saturated heterocycles. The summed E-state index contributed by atoms with van der Waals surface area (Å²) in [6, 6.07) is 16.0. The standard InChI is InChI=1S/C20H28N4/c1-24(2)19-12-13-21-20(14-19)23-18-10-8-17(9-11-18)22-15-16-6-4-3-5-7-16/h3-7,12-14,17-18,22H,8-11,15H2,1-2H3,(H,21,23). The van der Waals surface area contributed by atoms with Gasteiger partial charge in [0.15, 0.2) is 0 Å². The molecular formula is C20H28N4. The average molecular weight is 324 g/mol. The summed E-state index contributed by atoms with van der Waals surface area (Å²) in [5, 5.41) is 7.30. The molecule has 1 saturated carbocycles. The van der Waals surface area contributed by atoms with Crippen LogP contribution >= 0.6 is 0 Å². The number of hydrogen-bond acceptors (Lipinski definition) is 4. The molecule has 2 N–H and O–H groups in total. The van der Waals surface area contributed by atoms with Crippen molar-refractivity contribution in [2.24, 2.45) is 0 Å². The Bertz CT molecular complexity index is 619. The number of aromatic nitrogens is 1. The minimum atomic E-state index is 0.532. The van der Waals surface area contributed by atoms with Crippen LogP contribution in [0.25, 0.3) is 0 Å². The first-order chi connectivity index (χ1) is 11.7. The van der Waals surface area contributed by atoms with Crippen LogP contribution in [-0.4, -0.2) is 31.2 Å². The van der Waals surface area contributed by atoms with E-state index < -0.39 is 0 Å². The summed E-state index contributed by atoms with van der Waals surface area (Å²) in [6.07, 6.45) is 6.71. The zero-order valence-corrected chi connectivity index (χ0v) is 14.7. The SMILES string of the molecule is CN(C)c1ccnc(NC2CCC(NCc3ccccc3)CC2)c1. The summed E-state index contributed by atoms with van der Waals surface area (Å²) >= 11 is 0. The highest BCUT2D eigenvalue weighted by atomic mass is 15.1. The minimum Gasteiger partial charge on any atom is -0.378 e. The van der Waals surface area contributed by atoms with Gasteiger partial charge in [-0.3, -0.25) is 0 Å². The molecule has 1 aliphatic carbocycles. The van der Waals surface area contributed by atoms with Gasteiger partial charge in [-0.1, -0.05) is 30.3 Å². The third kappa shape index (κ3) is 4.71. The number of nitrogens with zero attached hydrogens (tertiary/aromatic N) is 2. The van der Waals surface area contributed by atoms with Gasteiger partial charge in [0.05, 0.1) is 0 Å². The normalized spacial score (nSPS) is 20.6. The molecule has 128 valence electrons. The van der Waals surface area contributed by atoms with Crippen LogP contribution in [0.4, 0.5) is 11.5 Å². The van der Waals surface area contributed by atoms with Crippen LogP contribution in [0.1, 0.15) is 31.2 Å². The van der Waals surface area contributed by atoms with Crippen molar-refractivity contribution in [3.63, 3.8) is 0 Å². The summed E-state index contributed by atoms with van der Waals surface area (Å²) in [5.74, 6) is 0.988. The van der Waals surface area contributed by atoms with E-state index in [-0.39, 0.29) is 0 Å². The zero-order chi connectivity index (χ0) is 16.8. The maximum atomic E-state index is 4.46. The van der Waals surface area contributed by atoms with Crippen molar-refractivity contribution in [2.75, 3.05) is 24.3 Å². The predicted molar refractivity (Wildman–Crippen MR) is 102 cm³/mol. The molecule has 0 radical (unpaired) electrons. The molecule has 2 aromatic rings. The molecule has 1 heterocycles. The fourth-order valence-electron chi connectivity index (χ4n) is 3.29. The van der Waals surface area contributed by atoms with E-state index in [1.165, 1.54) is 36.9 Å². The third-order valence-corrected chi connectivity index (χ3v) is 4.78. The van der Waals surface area contributed by atoms with Gasteiger partial charge in [-0.15, -0.1) is 0 Å². The smallest absolute Gasteiger partial charge is 0.128 e. The van der Waals surface area contributed by atoms with Crippen LogP contribution in [0.5, 0.6) is 0 Å². The van der Waals surface area contributed by atoms with E-state index in [9.17, 15) is 0 Å². The van der Waals surface area contributed by atoms with Crippen molar-refractivity contribution < 1.29 is 0 Å². The van der Waals surface area contributed by atoms with Gasteiger partial charge in [0.25, 0.3) is 0 Å². The summed E-state index contributed by atoms with van der Waals surface area (Å²) in [5.41, 5.74) is 2.55.